The molecule has 0 spiro atoms. The highest BCUT2D eigenvalue weighted by Crippen LogP contribution is 2.26. The van der Waals surface area contributed by atoms with E-state index in [0.29, 0.717) is 16.6 Å². The Kier molecular flexibility index (Phi) is 4.80. The van der Waals surface area contributed by atoms with E-state index < -0.39 is 26.9 Å². The van der Waals surface area contributed by atoms with Gasteiger partial charge in [-0.25, -0.2) is 17.9 Å². The molecule has 0 fully saturated rings. The van der Waals surface area contributed by atoms with Crippen molar-refractivity contribution in [3.05, 3.63) is 71.3 Å². The van der Waals surface area contributed by atoms with Crippen molar-refractivity contribution in [1.82, 2.24) is 9.97 Å². The molecule has 0 saturated carbocycles. The van der Waals surface area contributed by atoms with Crippen LogP contribution in [0.2, 0.25) is 0 Å². The molecule has 1 unspecified atom stereocenters. The van der Waals surface area contributed by atoms with Crippen LogP contribution in [0.5, 0.6) is 0 Å². The van der Waals surface area contributed by atoms with E-state index in [4.69, 9.17) is 5.14 Å². The van der Waals surface area contributed by atoms with Crippen LogP contribution >= 0.6 is 0 Å². The lowest BCUT2D eigenvalue weighted by Gasteiger charge is -2.14. The van der Waals surface area contributed by atoms with Gasteiger partial charge in [0.25, 0.3) is 0 Å². The van der Waals surface area contributed by atoms with Crippen molar-refractivity contribution in [2.24, 2.45) is 5.14 Å². The third-order valence-corrected chi connectivity index (χ3v) is 5.45. The van der Waals surface area contributed by atoms with E-state index in [0.717, 1.165) is 12.1 Å². The van der Waals surface area contributed by atoms with Gasteiger partial charge in [-0.15, -0.1) is 0 Å². The summed E-state index contributed by atoms with van der Waals surface area (Å²) in [5.74, 6) is -1.14. The minimum Gasteiger partial charge on any atom is -0.289 e. The Labute approximate surface area is 149 Å². The normalized spacial score (nSPS) is 12.9. The summed E-state index contributed by atoms with van der Waals surface area (Å²) in [7, 11) is -3.92. The first kappa shape index (κ1) is 18.1. The average molecular weight is 373 g/mol. The maximum atomic E-state index is 14.0. The van der Waals surface area contributed by atoms with Crippen LogP contribution in [0.4, 0.5) is 4.39 Å². The van der Waals surface area contributed by atoms with Crippen LogP contribution in [0.25, 0.3) is 11.0 Å². The van der Waals surface area contributed by atoms with Gasteiger partial charge in [0.1, 0.15) is 5.82 Å². The fourth-order valence-electron chi connectivity index (χ4n) is 2.86. The van der Waals surface area contributed by atoms with E-state index in [2.05, 4.69) is 9.97 Å². The number of ketones is 1. The standard InChI is InChI=1S/C18H16FN3O3S/c1-2-17(26(20,24)25)12-7-13(9-14(19)8-12)18(23)11-3-4-15-16(10-11)22-6-5-21-15/h3-10,17H,2H2,1H3,(H2,20,24,25). The van der Waals surface area contributed by atoms with E-state index in [1.165, 1.54) is 12.3 Å². The summed E-state index contributed by atoms with van der Waals surface area (Å²) in [5.41, 5.74) is 1.66. The van der Waals surface area contributed by atoms with Crippen LogP contribution in [0.1, 0.15) is 40.1 Å². The van der Waals surface area contributed by atoms with Crippen LogP contribution in [0.3, 0.4) is 0 Å². The maximum Gasteiger partial charge on any atom is 0.216 e. The number of hydrogen-bond acceptors (Lipinski definition) is 5. The Balaban J connectivity index is 2.06. The van der Waals surface area contributed by atoms with Crippen LogP contribution in [-0.2, 0) is 10.0 Å². The molecule has 1 atom stereocenters. The molecule has 3 aromatic rings. The van der Waals surface area contributed by atoms with Gasteiger partial charge in [-0.2, -0.15) is 0 Å². The number of hydrogen-bond donors (Lipinski definition) is 1. The number of rotatable bonds is 5. The van der Waals surface area contributed by atoms with E-state index in [1.54, 1.807) is 31.3 Å². The summed E-state index contributed by atoms with van der Waals surface area (Å²) in [4.78, 5) is 21.0. The van der Waals surface area contributed by atoms with Crippen LogP contribution in [-0.4, -0.2) is 24.2 Å². The van der Waals surface area contributed by atoms with Crippen LogP contribution in [0, 0.1) is 5.82 Å². The lowest BCUT2D eigenvalue weighted by molar-refractivity contribution is 0.103. The molecule has 1 aromatic heterocycles. The summed E-state index contributed by atoms with van der Waals surface area (Å²) >= 11 is 0. The van der Waals surface area contributed by atoms with Crippen LogP contribution < -0.4 is 5.14 Å². The predicted octanol–water partition coefficient (Wildman–Crippen LogP) is 2.74. The zero-order valence-electron chi connectivity index (χ0n) is 13.9. The summed E-state index contributed by atoms with van der Waals surface area (Å²) in [6.07, 6.45) is 3.22. The molecular weight excluding hydrogens is 357 g/mol. The molecule has 1 heterocycles. The zero-order valence-corrected chi connectivity index (χ0v) is 14.7. The van der Waals surface area contributed by atoms with Crippen molar-refractivity contribution in [3.8, 4) is 0 Å². The molecule has 134 valence electrons. The van der Waals surface area contributed by atoms with E-state index in [-0.39, 0.29) is 17.5 Å². The molecule has 2 aromatic carbocycles. The minimum atomic E-state index is -3.92. The topological polar surface area (TPSA) is 103 Å². The summed E-state index contributed by atoms with van der Waals surface area (Å²) < 4.78 is 37.5. The highest BCUT2D eigenvalue weighted by atomic mass is 32.2. The van der Waals surface area contributed by atoms with Gasteiger partial charge >= 0.3 is 0 Å². The van der Waals surface area contributed by atoms with Gasteiger partial charge in [0, 0.05) is 23.5 Å². The predicted molar refractivity (Wildman–Crippen MR) is 95.5 cm³/mol. The third kappa shape index (κ3) is 3.61. The Morgan fingerprint density at radius 3 is 2.42 bits per heavy atom. The Bertz CT molecular complexity index is 1100. The van der Waals surface area contributed by atoms with Gasteiger partial charge in [0.15, 0.2) is 5.78 Å². The molecule has 0 amide bonds. The smallest absolute Gasteiger partial charge is 0.216 e. The van der Waals surface area contributed by atoms with E-state index in [9.17, 15) is 17.6 Å². The highest BCUT2D eigenvalue weighted by molar-refractivity contribution is 7.89. The summed E-state index contributed by atoms with van der Waals surface area (Å²) in [5, 5.41) is 4.14. The van der Waals surface area contributed by atoms with Gasteiger partial charge in [0.05, 0.1) is 16.3 Å². The summed E-state index contributed by atoms with van der Waals surface area (Å²) in [6.45, 7) is 1.63. The molecule has 3 rings (SSSR count). The molecule has 26 heavy (non-hydrogen) atoms. The molecule has 2 N–H and O–H groups in total. The highest BCUT2D eigenvalue weighted by Gasteiger charge is 2.24. The number of nitrogens with two attached hydrogens (primary N) is 1. The van der Waals surface area contributed by atoms with Crippen molar-refractivity contribution in [2.45, 2.75) is 18.6 Å². The number of nitrogens with zero attached hydrogens (tertiary/aromatic N) is 2. The number of carbonyl (C=O) groups is 1. The van der Waals surface area contributed by atoms with Crippen molar-refractivity contribution < 1.29 is 17.6 Å². The second-order valence-corrected chi connectivity index (χ2v) is 7.60. The minimum absolute atomic E-state index is 0.0466. The molecular formula is C18H16FN3O3S. The second-order valence-electron chi connectivity index (χ2n) is 5.85. The molecule has 8 heteroatoms. The zero-order chi connectivity index (χ0) is 18.9. The second kappa shape index (κ2) is 6.89. The van der Waals surface area contributed by atoms with Gasteiger partial charge in [0.2, 0.25) is 10.0 Å². The molecule has 0 aliphatic carbocycles. The number of sulfonamides is 1. The average Bonchev–Trinajstić information content (AvgIpc) is 2.59. The van der Waals surface area contributed by atoms with Crippen molar-refractivity contribution in [1.29, 1.82) is 0 Å². The fraction of sp³-hybridized carbons (Fsp3) is 0.167. The number of benzene rings is 2. The first-order chi connectivity index (χ1) is 12.3. The summed E-state index contributed by atoms with van der Waals surface area (Å²) in [6, 6.07) is 8.30. The lowest BCUT2D eigenvalue weighted by Crippen LogP contribution is -2.21. The number of aromatic nitrogens is 2. The maximum absolute atomic E-state index is 14.0. The van der Waals surface area contributed by atoms with E-state index >= 15 is 0 Å². The Hall–Kier alpha value is -2.71. The first-order valence-corrected chi connectivity index (χ1v) is 9.48. The van der Waals surface area contributed by atoms with E-state index in [1.807, 2.05) is 0 Å². The van der Waals surface area contributed by atoms with Gasteiger partial charge in [-0.1, -0.05) is 6.92 Å². The Morgan fingerprint density at radius 2 is 1.77 bits per heavy atom. The molecule has 0 aliphatic heterocycles. The number of carbonyl (C=O) groups excluding carboxylic acids is 1. The number of fused-ring (bicyclic) bond motifs is 1. The number of primary sulfonamides is 1. The van der Waals surface area contributed by atoms with Crippen molar-refractivity contribution in [3.63, 3.8) is 0 Å². The van der Waals surface area contributed by atoms with Gasteiger partial charge < -0.3 is 0 Å². The SMILES string of the molecule is CCC(c1cc(F)cc(C(=O)c2ccc3nccnc3c2)c1)S(N)(=O)=O. The monoisotopic (exact) mass is 373 g/mol. The molecule has 6 nitrogen and oxygen atoms in total. The largest absolute Gasteiger partial charge is 0.289 e. The lowest BCUT2D eigenvalue weighted by atomic mass is 9.99. The van der Waals surface area contributed by atoms with Gasteiger partial charge in [-0.05, 0) is 48.4 Å². The number of halogens is 1. The fourth-order valence-corrected chi connectivity index (χ4v) is 3.84. The third-order valence-electron chi connectivity index (χ3n) is 4.05. The van der Waals surface area contributed by atoms with Crippen molar-refractivity contribution in [2.75, 3.05) is 0 Å². The van der Waals surface area contributed by atoms with Gasteiger partial charge in [-0.3, -0.25) is 14.8 Å². The molecule has 0 aliphatic rings. The Morgan fingerprint density at radius 1 is 1.08 bits per heavy atom. The quantitative estimate of drug-likeness (QED) is 0.693. The first-order valence-electron chi connectivity index (χ1n) is 7.87. The molecule has 0 bridgehead atoms. The van der Waals surface area contributed by atoms with Crippen molar-refractivity contribution >= 4 is 26.8 Å². The molecule has 0 radical (unpaired) electrons. The van der Waals surface area contributed by atoms with Crippen LogP contribution in [0.15, 0.2) is 48.8 Å². The molecule has 0 saturated heterocycles.